The number of hydrogen-bond donors (Lipinski definition) is 3. The van der Waals surface area contributed by atoms with Crippen molar-refractivity contribution in [3.63, 3.8) is 0 Å². The van der Waals surface area contributed by atoms with Crippen molar-refractivity contribution >= 4 is 29.0 Å². The summed E-state index contributed by atoms with van der Waals surface area (Å²) in [6.45, 7) is 6.85. The fraction of sp³-hybridized carbons (Fsp3) is 0.412. The number of benzene rings is 1. The average molecular weight is 363 g/mol. The Morgan fingerprint density at radius 1 is 1.35 bits per heavy atom. The molecule has 2 aromatic rings. The largest absolute Gasteiger partial charge is 0.480 e. The lowest BCUT2D eigenvalue weighted by atomic mass is 10.1. The molecular weight excluding hydrogens is 342 g/mol. The number of alkyl carbamates (subject to hydrolysis) is 1. The third-order valence-corrected chi connectivity index (χ3v) is 3.24. The van der Waals surface area contributed by atoms with Gasteiger partial charge in [0.2, 0.25) is 0 Å². The minimum atomic E-state index is -1.10. The molecular formula is C17H21N3O6. The Morgan fingerprint density at radius 3 is 2.65 bits per heavy atom. The summed E-state index contributed by atoms with van der Waals surface area (Å²) in [5.74, 6) is -1.10. The van der Waals surface area contributed by atoms with Crippen LogP contribution in [0.3, 0.4) is 0 Å². The zero-order valence-electron chi connectivity index (χ0n) is 15.0. The maximum absolute atomic E-state index is 12.1. The van der Waals surface area contributed by atoms with Crippen LogP contribution in [0.2, 0.25) is 0 Å². The lowest BCUT2D eigenvalue weighted by Gasteiger charge is -2.19. The number of anilines is 1. The standard InChI is InChI=1S/C17H21N3O6/c1-9(13(21)22)19-15-20-12-6-5-10(7-11(12)14(23)25-15)8-18-16(24)26-17(2,3)4/h5-7,9H,8H2,1-4H3,(H,18,24)(H,19,20)(H,21,22)/t9-/m0/s1. The van der Waals surface area contributed by atoms with Crippen LogP contribution in [0.5, 0.6) is 0 Å². The van der Waals surface area contributed by atoms with E-state index >= 15 is 0 Å². The number of rotatable bonds is 5. The highest BCUT2D eigenvalue weighted by atomic mass is 16.6. The molecule has 9 nitrogen and oxygen atoms in total. The van der Waals surface area contributed by atoms with Crippen LogP contribution in [-0.4, -0.2) is 33.8 Å². The van der Waals surface area contributed by atoms with Gasteiger partial charge in [-0.3, -0.25) is 4.79 Å². The van der Waals surface area contributed by atoms with Crippen LogP contribution in [0, 0.1) is 0 Å². The minimum Gasteiger partial charge on any atom is -0.480 e. The second-order valence-electron chi connectivity index (χ2n) is 6.72. The van der Waals surface area contributed by atoms with Crippen LogP contribution in [0.25, 0.3) is 10.9 Å². The van der Waals surface area contributed by atoms with Gasteiger partial charge in [0.25, 0.3) is 6.01 Å². The first-order valence-electron chi connectivity index (χ1n) is 7.95. The van der Waals surface area contributed by atoms with E-state index in [0.29, 0.717) is 11.1 Å². The topological polar surface area (TPSA) is 131 Å². The lowest BCUT2D eigenvalue weighted by molar-refractivity contribution is -0.137. The molecule has 0 spiro atoms. The van der Waals surface area contributed by atoms with Gasteiger partial charge in [-0.1, -0.05) is 6.07 Å². The first-order valence-corrected chi connectivity index (χ1v) is 7.95. The van der Waals surface area contributed by atoms with Gasteiger partial charge >= 0.3 is 17.7 Å². The van der Waals surface area contributed by atoms with Crippen LogP contribution < -0.4 is 16.3 Å². The Morgan fingerprint density at radius 2 is 2.04 bits per heavy atom. The Kier molecular flexibility index (Phi) is 5.49. The molecule has 1 amide bonds. The molecule has 1 atom stereocenters. The predicted octanol–water partition coefficient (Wildman–Crippen LogP) is 2.10. The molecule has 0 radical (unpaired) electrons. The molecule has 2 rings (SSSR count). The molecule has 0 unspecified atom stereocenters. The SMILES string of the molecule is C[C@H](Nc1nc2ccc(CNC(=O)OC(C)(C)C)cc2c(=O)o1)C(=O)O. The number of carbonyl (C=O) groups is 2. The smallest absolute Gasteiger partial charge is 0.407 e. The lowest BCUT2D eigenvalue weighted by Crippen LogP contribution is -2.32. The Hall–Kier alpha value is -3.10. The van der Waals surface area contributed by atoms with Crippen molar-refractivity contribution in [3.05, 3.63) is 34.2 Å². The Labute approximate surface area is 149 Å². The van der Waals surface area contributed by atoms with Crippen LogP contribution in [0.15, 0.2) is 27.4 Å². The average Bonchev–Trinajstić information content (AvgIpc) is 2.51. The molecule has 0 saturated heterocycles. The van der Waals surface area contributed by atoms with Crippen molar-refractivity contribution in [1.29, 1.82) is 0 Å². The summed E-state index contributed by atoms with van der Waals surface area (Å²) in [6.07, 6.45) is -0.565. The van der Waals surface area contributed by atoms with Crippen molar-refractivity contribution in [2.75, 3.05) is 5.32 Å². The number of amides is 1. The summed E-state index contributed by atoms with van der Waals surface area (Å²) < 4.78 is 10.1. The third-order valence-electron chi connectivity index (χ3n) is 3.24. The highest BCUT2D eigenvalue weighted by Crippen LogP contribution is 2.14. The Bertz CT molecular complexity index is 884. The summed E-state index contributed by atoms with van der Waals surface area (Å²) in [7, 11) is 0. The molecule has 0 fully saturated rings. The minimum absolute atomic E-state index is 0.167. The van der Waals surface area contributed by atoms with Crippen LogP contribution in [-0.2, 0) is 16.1 Å². The molecule has 0 aliphatic carbocycles. The summed E-state index contributed by atoms with van der Waals surface area (Å²) in [4.78, 5) is 38.8. The monoisotopic (exact) mass is 363 g/mol. The number of fused-ring (bicyclic) bond motifs is 1. The second kappa shape index (κ2) is 7.42. The van der Waals surface area contributed by atoms with Gasteiger partial charge in [0, 0.05) is 6.54 Å². The van der Waals surface area contributed by atoms with Crippen molar-refractivity contribution in [1.82, 2.24) is 10.3 Å². The van der Waals surface area contributed by atoms with Crippen molar-refractivity contribution < 1.29 is 23.8 Å². The van der Waals surface area contributed by atoms with Gasteiger partial charge in [-0.05, 0) is 45.4 Å². The molecule has 9 heteroatoms. The van der Waals surface area contributed by atoms with Gasteiger partial charge < -0.3 is 24.9 Å². The zero-order chi connectivity index (χ0) is 19.5. The van der Waals surface area contributed by atoms with E-state index in [2.05, 4.69) is 15.6 Å². The number of carboxylic acids is 1. The normalized spacial score (nSPS) is 12.5. The number of carboxylic acid groups (broad SMARTS) is 1. The molecule has 0 aliphatic rings. The first-order chi connectivity index (χ1) is 12.0. The molecule has 140 valence electrons. The van der Waals surface area contributed by atoms with Crippen LogP contribution >= 0.6 is 0 Å². The van der Waals surface area contributed by atoms with Gasteiger partial charge in [0.1, 0.15) is 11.6 Å². The predicted molar refractivity (Wildman–Crippen MR) is 94.1 cm³/mol. The molecule has 1 aromatic carbocycles. The number of nitrogens with zero attached hydrogens (tertiary/aromatic N) is 1. The summed E-state index contributed by atoms with van der Waals surface area (Å²) in [6, 6.07) is 3.71. The number of aliphatic carboxylic acids is 1. The molecule has 0 saturated carbocycles. The van der Waals surface area contributed by atoms with Crippen LogP contribution in [0.4, 0.5) is 10.8 Å². The number of nitrogens with one attached hydrogen (secondary N) is 2. The van der Waals surface area contributed by atoms with E-state index in [9.17, 15) is 14.4 Å². The quantitative estimate of drug-likeness (QED) is 0.736. The molecule has 1 heterocycles. The van der Waals surface area contributed by atoms with Crippen LogP contribution in [0.1, 0.15) is 33.3 Å². The third kappa shape index (κ3) is 5.20. The van der Waals surface area contributed by atoms with E-state index in [0.717, 1.165) is 0 Å². The van der Waals surface area contributed by atoms with Crippen molar-refractivity contribution in [2.45, 2.75) is 45.9 Å². The summed E-state index contributed by atoms with van der Waals surface area (Å²) in [5, 5.41) is 14.2. The van der Waals surface area contributed by atoms with Gasteiger partial charge in [0.05, 0.1) is 10.9 Å². The van der Waals surface area contributed by atoms with E-state index < -0.39 is 29.3 Å². The van der Waals surface area contributed by atoms with E-state index in [1.165, 1.54) is 6.92 Å². The second-order valence-corrected chi connectivity index (χ2v) is 6.72. The first kappa shape index (κ1) is 19.2. The summed E-state index contributed by atoms with van der Waals surface area (Å²) in [5.41, 5.74) is -0.247. The van der Waals surface area contributed by atoms with Crippen molar-refractivity contribution in [3.8, 4) is 0 Å². The molecule has 3 N–H and O–H groups in total. The van der Waals surface area contributed by atoms with Gasteiger partial charge in [-0.2, -0.15) is 4.98 Å². The molecule has 0 aliphatic heterocycles. The Balaban J connectivity index is 2.16. The zero-order valence-corrected chi connectivity index (χ0v) is 15.0. The molecule has 1 aromatic heterocycles. The number of aromatic nitrogens is 1. The van der Waals surface area contributed by atoms with E-state index in [-0.39, 0.29) is 17.9 Å². The highest BCUT2D eigenvalue weighted by Gasteiger charge is 2.16. The maximum atomic E-state index is 12.1. The molecule has 26 heavy (non-hydrogen) atoms. The van der Waals surface area contributed by atoms with Crippen molar-refractivity contribution in [2.24, 2.45) is 0 Å². The number of hydrogen-bond acceptors (Lipinski definition) is 7. The highest BCUT2D eigenvalue weighted by molar-refractivity contribution is 5.80. The number of ether oxygens (including phenoxy) is 1. The van der Waals surface area contributed by atoms with Gasteiger partial charge in [-0.15, -0.1) is 0 Å². The van der Waals surface area contributed by atoms with E-state index in [1.54, 1.807) is 39.0 Å². The van der Waals surface area contributed by atoms with E-state index in [1.807, 2.05) is 0 Å². The fourth-order valence-electron chi connectivity index (χ4n) is 2.03. The fourth-order valence-corrected chi connectivity index (χ4v) is 2.03. The maximum Gasteiger partial charge on any atom is 0.407 e. The summed E-state index contributed by atoms with van der Waals surface area (Å²) >= 11 is 0. The van der Waals surface area contributed by atoms with E-state index in [4.69, 9.17) is 14.3 Å². The van der Waals surface area contributed by atoms with Gasteiger partial charge in [0.15, 0.2) is 0 Å². The van der Waals surface area contributed by atoms with Gasteiger partial charge in [-0.25, -0.2) is 9.59 Å². The number of carbonyl (C=O) groups excluding carboxylic acids is 1. The molecule has 0 bridgehead atoms.